The Morgan fingerprint density at radius 1 is 0.980 bits per heavy atom. The number of nitrogens with zero attached hydrogens (tertiary/aromatic N) is 5. The van der Waals surface area contributed by atoms with E-state index in [1.165, 1.54) is 9.21 Å². The van der Waals surface area contributed by atoms with Crippen molar-refractivity contribution in [2.75, 3.05) is 44.2 Å². The molecule has 51 heavy (non-hydrogen) atoms. The van der Waals surface area contributed by atoms with Gasteiger partial charge in [-0.25, -0.2) is 13.2 Å². The number of carbonyl (C=O) groups excluding carboxylic acids is 3. The number of rotatable bonds is 7. The summed E-state index contributed by atoms with van der Waals surface area (Å²) in [6, 6.07) is 12.3. The van der Waals surface area contributed by atoms with Crippen molar-refractivity contribution < 1.29 is 32.7 Å². The summed E-state index contributed by atoms with van der Waals surface area (Å²) >= 11 is 0. The van der Waals surface area contributed by atoms with Crippen LogP contribution >= 0.6 is 0 Å². The van der Waals surface area contributed by atoms with E-state index in [9.17, 15) is 32.7 Å². The molecule has 5 heterocycles. The third kappa shape index (κ3) is 6.85. The van der Waals surface area contributed by atoms with E-state index in [1.54, 1.807) is 17.0 Å². The zero-order valence-corrected chi connectivity index (χ0v) is 30.5. The van der Waals surface area contributed by atoms with Crippen LogP contribution in [0, 0.1) is 5.41 Å². The molecular weight excluding hydrogens is 673 g/mol. The number of hydrogen-bond donors (Lipinski definition) is 2. The zero-order valence-electron chi connectivity index (χ0n) is 29.6. The minimum absolute atomic E-state index is 0.161. The number of anilines is 1. The number of hydrogen-bond acceptors (Lipinski definition) is 8. The van der Waals surface area contributed by atoms with Crippen LogP contribution in [-0.4, -0.2) is 113 Å². The third-order valence-corrected chi connectivity index (χ3v) is 13.4. The Kier molecular flexibility index (Phi) is 9.16. The molecule has 4 amide bonds. The predicted octanol–water partition coefficient (Wildman–Crippen LogP) is 3.48. The van der Waals surface area contributed by atoms with Crippen LogP contribution in [-0.2, 0) is 32.7 Å². The molecule has 0 aromatic heterocycles. The molecule has 0 aliphatic carbocycles. The molecule has 0 radical (unpaired) electrons. The van der Waals surface area contributed by atoms with Gasteiger partial charge < -0.3 is 19.8 Å². The quantitative estimate of drug-likeness (QED) is 0.410. The summed E-state index contributed by atoms with van der Waals surface area (Å²) in [6.45, 7) is 10.9. The lowest BCUT2D eigenvalue weighted by atomic mass is 9.72. The van der Waals surface area contributed by atoms with Crippen LogP contribution < -0.4 is 10.2 Å². The third-order valence-electron chi connectivity index (χ3n) is 11.5. The van der Waals surface area contributed by atoms with E-state index in [-0.39, 0.29) is 47.7 Å². The molecule has 1 atom stereocenters. The fourth-order valence-corrected chi connectivity index (χ4v) is 10.4. The van der Waals surface area contributed by atoms with Gasteiger partial charge in [0.15, 0.2) is 0 Å². The maximum absolute atomic E-state index is 13.6. The average molecular weight is 721 g/mol. The molecule has 5 aliphatic heterocycles. The Bertz CT molecular complexity index is 1840. The molecule has 4 saturated heterocycles. The summed E-state index contributed by atoms with van der Waals surface area (Å²) in [4.78, 5) is 57.2. The Balaban J connectivity index is 0.909. The van der Waals surface area contributed by atoms with Crippen LogP contribution in [0.1, 0.15) is 80.8 Å². The lowest BCUT2D eigenvalue weighted by molar-refractivity contribution is -0.136. The second kappa shape index (κ2) is 13.2. The maximum atomic E-state index is 13.6. The summed E-state index contributed by atoms with van der Waals surface area (Å²) in [6.07, 6.45) is 2.62. The second-order valence-corrected chi connectivity index (χ2v) is 17.9. The molecule has 5 aliphatic rings. The molecule has 2 N–H and O–H groups in total. The number of benzene rings is 2. The number of likely N-dealkylation sites (tertiary alicyclic amines) is 1. The van der Waals surface area contributed by atoms with E-state index in [4.69, 9.17) is 0 Å². The zero-order chi connectivity index (χ0) is 36.3. The molecule has 13 nitrogen and oxygen atoms in total. The lowest BCUT2D eigenvalue weighted by Crippen LogP contribution is -2.59. The minimum atomic E-state index is -3.70. The highest BCUT2D eigenvalue weighted by Crippen LogP contribution is 2.42. The Morgan fingerprint density at radius 3 is 2.33 bits per heavy atom. The number of amides is 4. The number of sulfonamides is 1. The largest absolute Gasteiger partial charge is 0.465 e. The van der Waals surface area contributed by atoms with E-state index in [0.29, 0.717) is 37.9 Å². The van der Waals surface area contributed by atoms with Crippen LogP contribution in [0.3, 0.4) is 0 Å². The van der Waals surface area contributed by atoms with Gasteiger partial charge in [-0.15, -0.1) is 0 Å². The average Bonchev–Trinajstić information content (AvgIpc) is 3.39. The van der Waals surface area contributed by atoms with Crippen LogP contribution in [0.2, 0.25) is 0 Å². The summed E-state index contributed by atoms with van der Waals surface area (Å²) < 4.78 is 28.7. The van der Waals surface area contributed by atoms with Gasteiger partial charge in [0.2, 0.25) is 21.8 Å². The van der Waals surface area contributed by atoms with Gasteiger partial charge in [0, 0.05) is 81.6 Å². The summed E-state index contributed by atoms with van der Waals surface area (Å²) in [7, 11) is -3.70. The van der Waals surface area contributed by atoms with Crippen molar-refractivity contribution in [1.82, 2.24) is 24.3 Å². The van der Waals surface area contributed by atoms with E-state index >= 15 is 0 Å². The van der Waals surface area contributed by atoms with Crippen molar-refractivity contribution in [3.63, 3.8) is 0 Å². The van der Waals surface area contributed by atoms with Crippen molar-refractivity contribution in [3.05, 3.63) is 59.2 Å². The summed E-state index contributed by atoms with van der Waals surface area (Å²) in [5, 5.41) is 12.1. The molecule has 4 fully saturated rings. The smallest absolute Gasteiger partial charge is 0.407 e. The maximum Gasteiger partial charge on any atom is 0.407 e. The number of nitrogens with one attached hydrogen (secondary N) is 1. The highest BCUT2D eigenvalue weighted by atomic mass is 32.2. The van der Waals surface area contributed by atoms with E-state index in [2.05, 4.69) is 21.2 Å². The van der Waals surface area contributed by atoms with Crippen molar-refractivity contribution in [2.24, 2.45) is 5.41 Å². The first-order valence-electron chi connectivity index (χ1n) is 18.0. The molecule has 0 saturated carbocycles. The first-order valence-corrected chi connectivity index (χ1v) is 19.4. The van der Waals surface area contributed by atoms with Crippen molar-refractivity contribution in [3.8, 4) is 0 Å². The van der Waals surface area contributed by atoms with Crippen LogP contribution in [0.5, 0.6) is 0 Å². The normalized spacial score (nSPS) is 23.3. The molecular formula is C37H48N6O7S. The SMILES string of the molecule is CC(C)(C)N(C(=O)O)C1CCN(S(=O)(=O)c2cccc(CN3CC4(CCN(c5ccc6c(c5)CN(C5CCC(=O)NC5=O)C6=O)CC4)C3)c2)CC1. The van der Waals surface area contributed by atoms with Gasteiger partial charge >= 0.3 is 6.09 Å². The Morgan fingerprint density at radius 2 is 1.69 bits per heavy atom. The first-order chi connectivity index (χ1) is 24.1. The van der Waals surface area contributed by atoms with E-state index in [0.717, 1.165) is 55.8 Å². The number of carbonyl (C=O) groups is 4. The van der Waals surface area contributed by atoms with E-state index < -0.39 is 33.6 Å². The van der Waals surface area contributed by atoms with Gasteiger partial charge in [0.1, 0.15) is 6.04 Å². The fourth-order valence-electron chi connectivity index (χ4n) is 8.87. The molecule has 2 aromatic carbocycles. The van der Waals surface area contributed by atoms with Crippen LogP contribution in [0.25, 0.3) is 0 Å². The molecule has 14 heteroatoms. The van der Waals surface area contributed by atoms with E-state index in [1.807, 2.05) is 45.0 Å². The van der Waals surface area contributed by atoms with Gasteiger partial charge in [-0.1, -0.05) is 12.1 Å². The monoisotopic (exact) mass is 720 g/mol. The summed E-state index contributed by atoms with van der Waals surface area (Å²) in [5.41, 5.74) is 3.24. The van der Waals surface area contributed by atoms with Gasteiger partial charge in [-0.2, -0.15) is 4.31 Å². The van der Waals surface area contributed by atoms with Crippen molar-refractivity contribution in [2.45, 2.75) is 94.9 Å². The lowest BCUT2D eigenvalue weighted by Gasteiger charge is -2.54. The highest BCUT2D eigenvalue weighted by molar-refractivity contribution is 7.89. The van der Waals surface area contributed by atoms with Gasteiger partial charge in [-0.05, 0) is 99.7 Å². The molecule has 1 spiro atoms. The number of carboxylic acid groups (broad SMARTS) is 1. The van der Waals surface area contributed by atoms with Crippen molar-refractivity contribution in [1.29, 1.82) is 0 Å². The van der Waals surface area contributed by atoms with Gasteiger partial charge in [0.05, 0.1) is 4.90 Å². The van der Waals surface area contributed by atoms with Crippen molar-refractivity contribution >= 4 is 39.5 Å². The number of piperidine rings is 3. The van der Waals surface area contributed by atoms with Crippen LogP contribution in [0.4, 0.5) is 10.5 Å². The summed E-state index contributed by atoms with van der Waals surface area (Å²) in [5.74, 6) is -0.856. The minimum Gasteiger partial charge on any atom is -0.465 e. The topological polar surface area (TPSA) is 151 Å². The Labute approximate surface area is 299 Å². The highest BCUT2D eigenvalue weighted by Gasteiger charge is 2.45. The first kappa shape index (κ1) is 35.4. The molecule has 7 rings (SSSR count). The molecule has 274 valence electrons. The number of fused-ring (bicyclic) bond motifs is 1. The molecule has 0 bridgehead atoms. The standard InChI is InChI=1S/C37H48N6O7S/c1-36(2,3)43(35(47)48)27-11-15-41(16-12-27)51(49,50)29-6-4-5-25(19-29)21-39-23-37(24-39)13-17-40(18-14-37)28-7-8-30-26(20-28)22-42(34(30)46)31-9-10-32(44)38-33(31)45/h4-8,19-20,27,31H,9-18,21-24H2,1-3H3,(H,47,48)(H,38,44,45). The van der Waals surface area contributed by atoms with Gasteiger partial charge in [-0.3, -0.25) is 24.6 Å². The predicted molar refractivity (Wildman–Crippen MR) is 189 cm³/mol. The Hall–Kier alpha value is -4.01. The molecule has 2 aromatic rings. The van der Waals surface area contributed by atoms with Crippen LogP contribution in [0.15, 0.2) is 47.4 Å². The molecule has 1 unspecified atom stereocenters. The second-order valence-electron chi connectivity index (χ2n) is 16.0. The number of imide groups is 1. The van der Waals surface area contributed by atoms with Gasteiger partial charge in [0.25, 0.3) is 5.91 Å². The fraction of sp³-hybridized carbons (Fsp3) is 0.568.